The topological polar surface area (TPSA) is 46.5 Å². The van der Waals surface area contributed by atoms with E-state index in [4.69, 9.17) is 4.74 Å². The van der Waals surface area contributed by atoms with Crippen LogP contribution in [0.2, 0.25) is 0 Å². The van der Waals surface area contributed by atoms with Gasteiger partial charge in [-0.25, -0.2) is 0 Å². The number of ether oxygens (including phenoxy) is 1. The third-order valence-electron chi connectivity index (χ3n) is 5.16. The molecule has 0 amide bonds. The van der Waals surface area contributed by atoms with Crippen LogP contribution in [0.5, 0.6) is 0 Å². The average Bonchev–Trinajstić information content (AvgIpc) is 2.33. The number of hydrogen-bond donors (Lipinski definition) is 1. The van der Waals surface area contributed by atoms with Gasteiger partial charge in [-0.3, -0.25) is 4.79 Å². The summed E-state index contributed by atoms with van der Waals surface area (Å²) in [6, 6.07) is 0. The van der Waals surface area contributed by atoms with Gasteiger partial charge in [0.25, 0.3) is 0 Å². The number of aliphatic hydroxyl groups is 1. The lowest BCUT2D eigenvalue weighted by molar-refractivity contribution is -0.181. The summed E-state index contributed by atoms with van der Waals surface area (Å²) in [5, 5.41) is 10.5. The van der Waals surface area contributed by atoms with Crippen LogP contribution in [0.1, 0.15) is 33.1 Å². The number of hydrogen-bond acceptors (Lipinski definition) is 3. The van der Waals surface area contributed by atoms with Gasteiger partial charge in [0.1, 0.15) is 6.10 Å². The van der Waals surface area contributed by atoms with Crippen LogP contribution in [0, 0.1) is 17.3 Å². The number of fused-ring (bicyclic) bond motifs is 1. The van der Waals surface area contributed by atoms with Crippen molar-refractivity contribution in [3.63, 3.8) is 0 Å². The van der Waals surface area contributed by atoms with Crippen molar-refractivity contribution in [3.8, 4) is 0 Å². The minimum Gasteiger partial charge on any atom is -0.462 e. The highest BCUT2D eigenvalue weighted by Crippen LogP contribution is 2.66. The van der Waals surface area contributed by atoms with Gasteiger partial charge in [0.2, 0.25) is 0 Å². The SMILES string of the molecule is C[C@]12[C@@H]3CC(=O)O[C@H]1C[C@H](C3)[C@]2(C)O. The molecule has 3 nitrogen and oxygen atoms in total. The van der Waals surface area contributed by atoms with Gasteiger partial charge in [-0.15, -0.1) is 0 Å². The molecule has 1 N–H and O–H groups in total. The van der Waals surface area contributed by atoms with E-state index in [1.54, 1.807) is 0 Å². The van der Waals surface area contributed by atoms with E-state index in [2.05, 4.69) is 6.92 Å². The van der Waals surface area contributed by atoms with E-state index >= 15 is 0 Å². The molecule has 1 aliphatic heterocycles. The second-order valence-electron chi connectivity index (χ2n) is 5.48. The molecule has 78 valence electrons. The average molecular weight is 196 g/mol. The monoisotopic (exact) mass is 196 g/mol. The second kappa shape index (κ2) is 2.16. The minimum absolute atomic E-state index is 0.0394. The zero-order chi connectivity index (χ0) is 10.1. The standard InChI is InChI=1S/C11H16O3/c1-10-6-3-7(11(10,2)13)4-8(10)14-9(12)5-6/h6-8,13H,3-5H2,1-2H3/t6-,7-,8-,10-,11-/m0/s1. The largest absolute Gasteiger partial charge is 0.462 e. The van der Waals surface area contributed by atoms with Crippen LogP contribution in [0.4, 0.5) is 0 Å². The van der Waals surface area contributed by atoms with Crippen molar-refractivity contribution >= 4 is 5.97 Å². The minimum atomic E-state index is -0.636. The van der Waals surface area contributed by atoms with Crippen LogP contribution >= 0.6 is 0 Å². The zero-order valence-electron chi connectivity index (χ0n) is 8.62. The summed E-state index contributed by atoms with van der Waals surface area (Å²) in [7, 11) is 0. The fraction of sp³-hybridized carbons (Fsp3) is 0.909. The Bertz CT molecular complexity index is 290. The van der Waals surface area contributed by atoms with E-state index in [-0.39, 0.29) is 17.5 Å². The number of carbonyl (C=O) groups excluding carboxylic acids is 1. The molecule has 0 spiro atoms. The molecule has 3 aliphatic rings. The van der Waals surface area contributed by atoms with E-state index < -0.39 is 5.60 Å². The Morgan fingerprint density at radius 1 is 1.36 bits per heavy atom. The Hall–Kier alpha value is -0.570. The van der Waals surface area contributed by atoms with E-state index in [0.29, 0.717) is 18.3 Å². The van der Waals surface area contributed by atoms with Gasteiger partial charge < -0.3 is 9.84 Å². The van der Waals surface area contributed by atoms with E-state index in [1.807, 2.05) is 6.92 Å². The van der Waals surface area contributed by atoms with Crippen molar-refractivity contribution < 1.29 is 14.6 Å². The van der Waals surface area contributed by atoms with Crippen molar-refractivity contribution in [2.45, 2.75) is 44.8 Å². The lowest BCUT2D eigenvalue weighted by Crippen LogP contribution is -2.51. The lowest BCUT2D eigenvalue weighted by Gasteiger charge is -2.45. The lowest BCUT2D eigenvalue weighted by atomic mass is 9.67. The van der Waals surface area contributed by atoms with Crippen molar-refractivity contribution in [3.05, 3.63) is 0 Å². The summed E-state index contributed by atoms with van der Waals surface area (Å²) < 4.78 is 5.35. The maximum absolute atomic E-state index is 11.3. The molecular formula is C11H16O3. The highest BCUT2D eigenvalue weighted by atomic mass is 16.5. The molecule has 0 aromatic heterocycles. The fourth-order valence-corrected chi connectivity index (χ4v) is 3.96. The quantitative estimate of drug-likeness (QED) is 0.590. The molecule has 0 aromatic rings. The van der Waals surface area contributed by atoms with Crippen molar-refractivity contribution in [2.24, 2.45) is 17.3 Å². The maximum Gasteiger partial charge on any atom is 0.306 e. The van der Waals surface area contributed by atoms with Gasteiger partial charge in [0.15, 0.2) is 0 Å². The fourth-order valence-electron chi connectivity index (χ4n) is 3.96. The molecular weight excluding hydrogens is 180 g/mol. The van der Waals surface area contributed by atoms with Crippen molar-refractivity contribution in [1.29, 1.82) is 0 Å². The first-order valence-corrected chi connectivity index (χ1v) is 5.38. The van der Waals surface area contributed by atoms with E-state index in [9.17, 15) is 9.90 Å². The van der Waals surface area contributed by atoms with Crippen LogP contribution in [-0.4, -0.2) is 22.8 Å². The molecule has 0 unspecified atom stereocenters. The second-order valence-corrected chi connectivity index (χ2v) is 5.48. The Morgan fingerprint density at radius 2 is 2.07 bits per heavy atom. The third-order valence-corrected chi connectivity index (χ3v) is 5.16. The van der Waals surface area contributed by atoms with Crippen LogP contribution in [0.15, 0.2) is 0 Å². The molecule has 0 radical (unpaired) electrons. The highest BCUT2D eigenvalue weighted by Gasteiger charge is 2.71. The molecule has 1 heterocycles. The van der Waals surface area contributed by atoms with Gasteiger partial charge in [-0.1, -0.05) is 6.92 Å². The molecule has 2 aliphatic carbocycles. The van der Waals surface area contributed by atoms with Crippen LogP contribution in [-0.2, 0) is 9.53 Å². The molecule has 3 fully saturated rings. The Morgan fingerprint density at radius 3 is 2.64 bits per heavy atom. The first kappa shape index (κ1) is 8.72. The van der Waals surface area contributed by atoms with Crippen LogP contribution in [0.25, 0.3) is 0 Å². The number of rotatable bonds is 0. The van der Waals surface area contributed by atoms with Gasteiger partial charge in [0, 0.05) is 11.8 Å². The normalized spacial score (nSPS) is 60.2. The Kier molecular flexibility index (Phi) is 1.34. The molecule has 3 rings (SSSR count). The zero-order valence-corrected chi connectivity index (χ0v) is 8.62. The molecule has 2 saturated carbocycles. The van der Waals surface area contributed by atoms with E-state index in [1.165, 1.54) is 0 Å². The van der Waals surface area contributed by atoms with Gasteiger partial charge in [-0.2, -0.15) is 0 Å². The van der Waals surface area contributed by atoms with Gasteiger partial charge in [-0.05, 0) is 31.6 Å². The van der Waals surface area contributed by atoms with Gasteiger partial charge >= 0.3 is 5.97 Å². The first-order valence-electron chi connectivity index (χ1n) is 5.38. The summed E-state index contributed by atoms with van der Waals surface area (Å²) in [6.45, 7) is 4.00. The molecule has 14 heavy (non-hydrogen) atoms. The predicted molar refractivity (Wildman–Crippen MR) is 49.4 cm³/mol. The number of carbonyl (C=O) groups is 1. The predicted octanol–water partition coefficient (Wildman–Crippen LogP) is 1.10. The van der Waals surface area contributed by atoms with Crippen LogP contribution < -0.4 is 0 Å². The number of esters is 1. The molecule has 2 bridgehead atoms. The van der Waals surface area contributed by atoms with Crippen molar-refractivity contribution in [2.75, 3.05) is 0 Å². The summed E-state index contributed by atoms with van der Waals surface area (Å²) in [5.74, 6) is 0.590. The third kappa shape index (κ3) is 0.691. The Labute approximate surface area is 83.4 Å². The summed E-state index contributed by atoms with van der Waals surface area (Å²) in [6.07, 6.45) is 2.31. The van der Waals surface area contributed by atoms with Gasteiger partial charge in [0.05, 0.1) is 5.60 Å². The molecule has 5 atom stereocenters. The first-order chi connectivity index (χ1) is 6.46. The van der Waals surface area contributed by atoms with Crippen molar-refractivity contribution in [1.82, 2.24) is 0 Å². The molecule has 0 aromatic carbocycles. The summed E-state index contributed by atoms with van der Waals surface area (Å²) in [4.78, 5) is 11.3. The molecule has 3 heteroatoms. The smallest absolute Gasteiger partial charge is 0.306 e. The summed E-state index contributed by atoms with van der Waals surface area (Å²) in [5.41, 5.74) is -0.825. The van der Waals surface area contributed by atoms with E-state index in [0.717, 1.165) is 12.8 Å². The molecule has 1 saturated heterocycles. The maximum atomic E-state index is 11.3. The van der Waals surface area contributed by atoms with Crippen LogP contribution in [0.3, 0.4) is 0 Å². The highest BCUT2D eigenvalue weighted by molar-refractivity contribution is 5.71. The Balaban J connectivity index is 2.07. The summed E-state index contributed by atoms with van der Waals surface area (Å²) >= 11 is 0.